The van der Waals surface area contributed by atoms with Crippen LogP contribution in [-0.2, 0) is 19.1 Å². The first kappa shape index (κ1) is 18.5. The van der Waals surface area contributed by atoms with Crippen LogP contribution in [-0.4, -0.2) is 41.1 Å². The number of rotatable bonds is 6. The number of β-lactam (4-membered cyclic amide) rings is 1. The molecule has 0 radical (unpaired) electrons. The van der Waals surface area contributed by atoms with Gasteiger partial charge in [-0.25, -0.2) is 0 Å². The number of fused-ring (bicyclic) bond motifs is 1. The number of carbonyl (C=O) groups is 3. The molecular weight excluding hydrogens is 305 g/mol. The predicted molar refractivity (Wildman–Crippen MR) is 70.2 cm³/mol. The maximum absolute atomic E-state index is 11.9. The van der Waals surface area contributed by atoms with Crippen LogP contribution in [0.4, 0.5) is 0 Å². The molecule has 0 N–H and O–H groups in total. The number of nitrogens with zero attached hydrogens (tertiary/aromatic N) is 1. The summed E-state index contributed by atoms with van der Waals surface area (Å²) in [4.78, 5) is 35.7. The zero-order chi connectivity index (χ0) is 14.9. The molecule has 0 bridgehead atoms. The Morgan fingerprint density at radius 2 is 2.14 bits per heavy atom. The Labute approximate surface area is 149 Å². The molecule has 2 unspecified atom stereocenters. The third-order valence-corrected chi connectivity index (χ3v) is 4.63. The molecule has 2 atom stereocenters. The zero-order valence-electron chi connectivity index (χ0n) is 12.4. The first-order valence-electron chi connectivity index (χ1n) is 6.51. The van der Waals surface area contributed by atoms with Crippen molar-refractivity contribution in [2.45, 2.75) is 32.7 Å². The summed E-state index contributed by atoms with van der Waals surface area (Å²) in [6, 6.07) is -0.0448. The van der Waals surface area contributed by atoms with Gasteiger partial charge in [0.2, 0.25) is 5.91 Å². The van der Waals surface area contributed by atoms with Crippen molar-refractivity contribution in [2.24, 2.45) is 5.92 Å². The van der Waals surface area contributed by atoms with Gasteiger partial charge in [0.15, 0.2) is 0 Å². The fraction of sp³-hybridized carbons (Fsp3) is 0.615. The number of thioether (sulfide) groups is 1. The Hall–Kier alpha value is -0.500. The van der Waals surface area contributed by atoms with Crippen LogP contribution in [0.3, 0.4) is 0 Å². The van der Waals surface area contributed by atoms with Crippen molar-refractivity contribution < 1.29 is 53.8 Å². The van der Waals surface area contributed by atoms with E-state index in [0.717, 1.165) is 0 Å². The van der Waals surface area contributed by atoms with Gasteiger partial charge in [-0.3, -0.25) is 9.59 Å². The third-order valence-electron chi connectivity index (χ3n) is 3.55. The molecule has 0 aromatic rings. The SMILES string of the molecule is CCC1C(=O)N2C(C(=O)[O-])=C(SCCOC(C)=O)CC12.[Na+]. The van der Waals surface area contributed by atoms with Gasteiger partial charge in [0.25, 0.3) is 0 Å². The van der Waals surface area contributed by atoms with E-state index in [0.29, 0.717) is 23.5 Å². The number of aliphatic carboxylic acids is 1. The van der Waals surface area contributed by atoms with Gasteiger partial charge in [-0.2, -0.15) is 0 Å². The summed E-state index contributed by atoms with van der Waals surface area (Å²) in [6.45, 7) is 3.46. The molecule has 1 amide bonds. The summed E-state index contributed by atoms with van der Waals surface area (Å²) < 4.78 is 4.80. The molecule has 110 valence electrons. The molecular formula is C13H16NNaO5S. The number of carbonyl (C=O) groups excluding carboxylic acids is 3. The van der Waals surface area contributed by atoms with E-state index in [1.54, 1.807) is 0 Å². The van der Waals surface area contributed by atoms with Crippen molar-refractivity contribution in [2.75, 3.05) is 12.4 Å². The zero-order valence-corrected chi connectivity index (χ0v) is 15.2. The van der Waals surface area contributed by atoms with Crippen molar-refractivity contribution >= 4 is 29.6 Å². The summed E-state index contributed by atoms with van der Waals surface area (Å²) >= 11 is 1.31. The minimum absolute atomic E-state index is 0. The number of amides is 1. The molecule has 1 fully saturated rings. The quantitative estimate of drug-likeness (QED) is 0.223. The van der Waals surface area contributed by atoms with Crippen molar-refractivity contribution in [3.63, 3.8) is 0 Å². The standard InChI is InChI=1S/C13H17NO5S.Na/c1-3-8-9-6-10(20-5-4-19-7(2)15)11(13(17)18)14(9)12(8)16;/h8-9H,3-6H2,1-2H3,(H,17,18);/q;+1/p-1. The molecule has 8 heteroatoms. The Morgan fingerprint density at radius 1 is 1.48 bits per heavy atom. The maximum atomic E-state index is 11.9. The molecule has 1 saturated heterocycles. The number of esters is 1. The van der Waals surface area contributed by atoms with Crippen LogP contribution in [0.25, 0.3) is 0 Å². The molecule has 2 heterocycles. The van der Waals surface area contributed by atoms with Gasteiger partial charge in [-0.15, -0.1) is 11.8 Å². The molecule has 0 aromatic carbocycles. The van der Waals surface area contributed by atoms with Gasteiger partial charge in [0.05, 0.1) is 23.6 Å². The van der Waals surface area contributed by atoms with Crippen LogP contribution in [0.2, 0.25) is 0 Å². The Balaban J connectivity index is 0.00000220. The summed E-state index contributed by atoms with van der Waals surface area (Å²) in [6.07, 6.45) is 1.27. The smallest absolute Gasteiger partial charge is 0.543 e. The molecule has 0 saturated carbocycles. The Morgan fingerprint density at radius 3 is 2.67 bits per heavy atom. The van der Waals surface area contributed by atoms with E-state index in [2.05, 4.69) is 0 Å². The molecule has 2 rings (SSSR count). The van der Waals surface area contributed by atoms with Crippen LogP contribution in [0, 0.1) is 5.92 Å². The molecule has 2 aliphatic rings. The summed E-state index contributed by atoms with van der Waals surface area (Å²) in [5.74, 6) is -1.43. The van der Waals surface area contributed by atoms with Crippen LogP contribution in [0.5, 0.6) is 0 Å². The molecule has 6 nitrogen and oxygen atoms in total. The molecule has 0 aromatic heterocycles. The van der Waals surface area contributed by atoms with Crippen molar-refractivity contribution in [3.05, 3.63) is 10.6 Å². The second-order valence-electron chi connectivity index (χ2n) is 4.74. The fourth-order valence-electron chi connectivity index (χ4n) is 2.67. The van der Waals surface area contributed by atoms with E-state index in [4.69, 9.17) is 4.74 Å². The van der Waals surface area contributed by atoms with Gasteiger partial charge in [0.1, 0.15) is 6.61 Å². The first-order valence-corrected chi connectivity index (χ1v) is 7.49. The van der Waals surface area contributed by atoms with Crippen LogP contribution < -0.4 is 34.7 Å². The maximum Gasteiger partial charge on any atom is 1.00 e. The van der Waals surface area contributed by atoms with Crippen LogP contribution in [0.15, 0.2) is 10.6 Å². The second kappa shape index (κ2) is 7.67. The normalized spacial score (nSPS) is 23.3. The van der Waals surface area contributed by atoms with Crippen molar-refractivity contribution in [1.82, 2.24) is 4.90 Å². The van der Waals surface area contributed by atoms with Crippen molar-refractivity contribution in [3.8, 4) is 0 Å². The van der Waals surface area contributed by atoms with Crippen molar-refractivity contribution in [1.29, 1.82) is 0 Å². The third kappa shape index (κ3) is 3.64. The van der Waals surface area contributed by atoms with E-state index in [1.807, 2.05) is 6.92 Å². The number of hydrogen-bond donors (Lipinski definition) is 0. The minimum atomic E-state index is -1.31. The minimum Gasteiger partial charge on any atom is -0.543 e. The summed E-state index contributed by atoms with van der Waals surface area (Å²) in [5, 5.41) is 11.2. The van der Waals surface area contributed by atoms with Gasteiger partial charge < -0.3 is 19.5 Å². The van der Waals surface area contributed by atoms with E-state index < -0.39 is 5.97 Å². The van der Waals surface area contributed by atoms with Gasteiger partial charge in [-0.05, 0) is 6.42 Å². The second-order valence-corrected chi connectivity index (χ2v) is 5.93. The van der Waals surface area contributed by atoms with E-state index >= 15 is 0 Å². The summed E-state index contributed by atoms with van der Waals surface area (Å²) in [5.41, 5.74) is -0.00229. The van der Waals surface area contributed by atoms with Crippen LogP contribution in [0.1, 0.15) is 26.7 Å². The topological polar surface area (TPSA) is 86.7 Å². The number of ether oxygens (including phenoxy) is 1. The fourth-order valence-corrected chi connectivity index (χ4v) is 3.69. The van der Waals surface area contributed by atoms with E-state index in [-0.39, 0.29) is 65.7 Å². The molecule has 21 heavy (non-hydrogen) atoms. The monoisotopic (exact) mass is 321 g/mol. The Bertz CT molecular complexity index is 493. The van der Waals surface area contributed by atoms with E-state index in [9.17, 15) is 19.5 Å². The Kier molecular flexibility index (Phi) is 6.77. The average molecular weight is 321 g/mol. The van der Waals surface area contributed by atoms with Gasteiger partial charge >= 0.3 is 35.5 Å². The largest absolute Gasteiger partial charge is 1.00 e. The predicted octanol–water partition coefficient (Wildman–Crippen LogP) is -3.11. The van der Waals surface area contributed by atoms with E-state index in [1.165, 1.54) is 23.6 Å². The molecule has 0 aliphatic carbocycles. The molecule has 2 aliphatic heterocycles. The summed E-state index contributed by atoms with van der Waals surface area (Å²) in [7, 11) is 0. The first-order chi connectivity index (χ1) is 9.47. The van der Waals surface area contributed by atoms with Gasteiger partial charge in [0, 0.05) is 24.0 Å². The average Bonchev–Trinajstić information content (AvgIpc) is 2.70. The van der Waals surface area contributed by atoms with Crippen LogP contribution >= 0.6 is 11.8 Å². The molecule has 0 spiro atoms. The number of carboxylic acids is 1. The number of hydrogen-bond acceptors (Lipinski definition) is 6. The van der Waals surface area contributed by atoms with Gasteiger partial charge in [-0.1, -0.05) is 6.92 Å². The number of carboxylic acid groups (broad SMARTS) is 1.